The van der Waals surface area contributed by atoms with Gasteiger partial charge in [0.2, 0.25) is 0 Å². The van der Waals surface area contributed by atoms with Crippen LogP contribution in [0.1, 0.15) is 5.56 Å². The standard InChI is InChI=1S/C11H14NO2/c1-12(11(14)9-13)8-7-10-5-3-2-4-6-10/h2-6H,7-9H2,1H3. The molecule has 0 atom stereocenters. The summed E-state index contributed by atoms with van der Waals surface area (Å²) in [5.41, 5.74) is 1.18. The molecule has 0 saturated heterocycles. The maximum Gasteiger partial charge on any atom is 0.251 e. The highest BCUT2D eigenvalue weighted by molar-refractivity contribution is 5.76. The van der Waals surface area contributed by atoms with E-state index >= 15 is 0 Å². The van der Waals surface area contributed by atoms with Crippen molar-refractivity contribution in [3.63, 3.8) is 0 Å². The molecule has 0 bridgehead atoms. The van der Waals surface area contributed by atoms with Crippen LogP contribution in [0.15, 0.2) is 30.3 Å². The maximum atomic E-state index is 10.9. The summed E-state index contributed by atoms with van der Waals surface area (Å²) in [4.78, 5) is 12.4. The van der Waals surface area contributed by atoms with Crippen LogP contribution in [-0.4, -0.2) is 31.0 Å². The highest BCUT2D eigenvalue weighted by atomic mass is 16.3. The minimum absolute atomic E-state index is 0.346. The lowest BCUT2D eigenvalue weighted by Crippen LogP contribution is -2.30. The lowest BCUT2D eigenvalue weighted by Gasteiger charge is -2.14. The van der Waals surface area contributed by atoms with Gasteiger partial charge in [0.1, 0.15) is 0 Å². The lowest BCUT2D eigenvalue weighted by molar-refractivity contribution is -0.134. The fourth-order valence-electron chi connectivity index (χ4n) is 1.18. The summed E-state index contributed by atoms with van der Waals surface area (Å²) in [5.74, 6) is -0.346. The minimum atomic E-state index is -0.661. The van der Waals surface area contributed by atoms with Gasteiger partial charge in [-0.25, -0.2) is 5.11 Å². The van der Waals surface area contributed by atoms with E-state index in [-0.39, 0.29) is 5.91 Å². The first-order valence-electron chi connectivity index (χ1n) is 4.60. The molecule has 0 aliphatic heterocycles. The van der Waals surface area contributed by atoms with Crippen LogP contribution in [0.5, 0.6) is 0 Å². The molecule has 1 aromatic rings. The molecule has 3 heteroatoms. The van der Waals surface area contributed by atoms with Crippen molar-refractivity contribution < 1.29 is 9.90 Å². The van der Waals surface area contributed by atoms with Gasteiger partial charge in [0.05, 0.1) is 0 Å². The first-order chi connectivity index (χ1) is 6.74. The lowest BCUT2D eigenvalue weighted by atomic mass is 10.1. The quantitative estimate of drug-likeness (QED) is 0.704. The minimum Gasteiger partial charge on any atom is -0.343 e. The van der Waals surface area contributed by atoms with E-state index in [0.29, 0.717) is 6.54 Å². The predicted octanol–water partition coefficient (Wildman–Crippen LogP) is 1.12. The summed E-state index contributed by atoms with van der Waals surface area (Å²) in [6, 6.07) is 9.90. The van der Waals surface area contributed by atoms with E-state index in [4.69, 9.17) is 0 Å². The van der Waals surface area contributed by atoms with Gasteiger partial charge in [-0.1, -0.05) is 30.3 Å². The van der Waals surface area contributed by atoms with Gasteiger partial charge in [0, 0.05) is 13.6 Å². The largest absolute Gasteiger partial charge is 0.343 e. The topological polar surface area (TPSA) is 40.2 Å². The first-order valence-corrected chi connectivity index (χ1v) is 4.60. The van der Waals surface area contributed by atoms with Crippen molar-refractivity contribution in [2.24, 2.45) is 0 Å². The second-order valence-corrected chi connectivity index (χ2v) is 3.20. The molecule has 14 heavy (non-hydrogen) atoms. The summed E-state index contributed by atoms with van der Waals surface area (Å²) < 4.78 is 0. The zero-order valence-electron chi connectivity index (χ0n) is 8.27. The van der Waals surface area contributed by atoms with Crippen molar-refractivity contribution in [1.82, 2.24) is 4.90 Å². The van der Waals surface area contributed by atoms with Crippen molar-refractivity contribution in [2.75, 3.05) is 20.2 Å². The van der Waals surface area contributed by atoms with Gasteiger partial charge in [0.15, 0.2) is 6.61 Å². The molecule has 0 N–H and O–H groups in total. The number of nitrogens with zero attached hydrogens (tertiary/aromatic N) is 1. The van der Waals surface area contributed by atoms with E-state index in [2.05, 4.69) is 0 Å². The molecule has 1 aromatic carbocycles. The van der Waals surface area contributed by atoms with Crippen LogP contribution in [0.3, 0.4) is 0 Å². The molecule has 1 amide bonds. The Kier molecular flexibility index (Phi) is 4.13. The number of carbonyl (C=O) groups excluding carboxylic acids is 1. The number of likely N-dealkylation sites (N-methyl/N-ethyl adjacent to an activating group) is 1. The number of benzene rings is 1. The molecule has 0 aromatic heterocycles. The van der Waals surface area contributed by atoms with Gasteiger partial charge < -0.3 is 4.90 Å². The van der Waals surface area contributed by atoms with Crippen molar-refractivity contribution >= 4 is 5.91 Å². The van der Waals surface area contributed by atoms with Crippen molar-refractivity contribution in [3.8, 4) is 0 Å². The summed E-state index contributed by atoms with van der Waals surface area (Å²) in [7, 11) is 1.66. The molecule has 0 heterocycles. The predicted molar refractivity (Wildman–Crippen MR) is 53.3 cm³/mol. The number of hydrogen-bond acceptors (Lipinski definition) is 1. The van der Waals surface area contributed by atoms with Crippen molar-refractivity contribution in [1.29, 1.82) is 0 Å². The van der Waals surface area contributed by atoms with Gasteiger partial charge in [-0.05, 0) is 12.0 Å². The van der Waals surface area contributed by atoms with Gasteiger partial charge in [-0.3, -0.25) is 4.79 Å². The summed E-state index contributed by atoms with van der Waals surface area (Å²) >= 11 is 0. The molecular formula is C11H14NO2. The number of carbonyl (C=O) groups is 1. The Morgan fingerprint density at radius 1 is 1.29 bits per heavy atom. The smallest absolute Gasteiger partial charge is 0.251 e. The van der Waals surface area contributed by atoms with Crippen LogP contribution in [0, 0.1) is 0 Å². The average Bonchev–Trinajstić information content (AvgIpc) is 2.26. The van der Waals surface area contributed by atoms with Crippen LogP contribution < -0.4 is 0 Å². The highest BCUT2D eigenvalue weighted by Crippen LogP contribution is 2.00. The SMILES string of the molecule is CN(CCc1ccccc1)C(=O)C[O]. The van der Waals surface area contributed by atoms with E-state index in [1.165, 1.54) is 10.5 Å². The highest BCUT2D eigenvalue weighted by Gasteiger charge is 2.06. The van der Waals surface area contributed by atoms with Crippen LogP contribution in [0.25, 0.3) is 0 Å². The third-order valence-corrected chi connectivity index (χ3v) is 2.13. The molecule has 1 rings (SSSR count). The third kappa shape index (κ3) is 3.18. The van der Waals surface area contributed by atoms with E-state index in [1.807, 2.05) is 30.3 Å². The van der Waals surface area contributed by atoms with E-state index in [1.54, 1.807) is 7.05 Å². The van der Waals surface area contributed by atoms with Crippen molar-refractivity contribution in [3.05, 3.63) is 35.9 Å². The molecule has 0 aliphatic carbocycles. The molecule has 0 fully saturated rings. The fourth-order valence-corrected chi connectivity index (χ4v) is 1.18. The Morgan fingerprint density at radius 2 is 1.93 bits per heavy atom. The Bertz CT molecular complexity index is 285. The van der Waals surface area contributed by atoms with Gasteiger partial charge in [0.25, 0.3) is 5.91 Å². The van der Waals surface area contributed by atoms with E-state index in [9.17, 15) is 9.90 Å². The van der Waals surface area contributed by atoms with E-state index in [0.717, 1.165) is 6.42 Å². The van der Waals surface area contributed by atoms with Crippen LogP contribution in [0.2, 0.25) is 0 Å². The van der Waals surface area contributed by atoms with Gasteiger partial charge >= 0.3 is 0 Å². The molecule has 75 valence electrons. The maximum absolute atomic E-state index is 10.9. The van der Waals surface area contributed by atoms with Gasteiger partial charge in [-0.2, -0.15) is 0 Å². The van der Waals surface area contributed by atoms with Crippen LogP contribution in [-0.2, 0) is 16.3 Å². The monoisotopic (exact) mass is 192 g/mol. The summed E-state index contributed by atoms with van der Waals surface area (Å²) in [6.07, 6.45) is 0.795. The molecular weight excluding hydrogens is 178 g/mol. The Labute approximate surface area is 84.0 Å². The zero-order valence-corrected chi connectivity index (χ0v) is 8.27. The number of rotatable bonds is 4. The fraction of sp³-hybridized carbons (Fsp3) is 0.364. The Balaban J connectivity index is 2.38. The average molecular weight is 192 g/mol. The van der Waals surface area contributed by atoms with E-state index < -0.39 is 6.61 Å². The van der Waals surface area contributed by atoms with Crippen LogP contribution >= 0.6 is 0 Å². The normalized spacial score (nSPS) is 9.86. The summed E-state index contributed by atoms with van der Waals surface area (Å²) in [6.45, 7) is -0.0592. The molecule has 0 unspecified atom stereocenters. The second kappa shape index (κ2) is 5.40. The molecule has 0 aliphatic rings. The summed E-state index contributed by atoms with van der Waals surface area (Å²) in [5, 5.41) is 10.3. The Hall–Kier alpha value is -1.35. The molecule has 1 radical (unpaired) electrons. The third-order valence-electron chi connectivity index (χ3n) is 2.13. The molecule has 0 spiro atoms. The molecule has 0 saturated carbocycles. The number of hydrogen-bond donors (Lipinski definition) is 0. The zero-order chi connectivity index (χ0) is 10.4. The van der Waals surface area contributed by atoms with Gasteiger partial charge in [-0.15, -0.1) is 0 Å². The van der Waals surface area contributed by atoms with Crippen LogP contribution in [0.4, 0.5) is 0 Å². The molecule has 3 nitrogen and oxygen atoms in total. The number of amides is 1. The second-order valence-electron chi connectivity index (χ2n) is 3.20. The first kappa shape index (κ1) is 10.7. The van der Waals surface area contributed by atoms with Crippen molar-refractivity contribution in [2.45, 2.75) is 6.42 Å². The Morgan fingerprint density at radius 3 is 2.50 bits per heavy atom.